The van der Waals surface area contributed by atoms with Crippen molar-refractivity contribution in [3.05, 3.63) is 66.6 Å². The Morgan fingerprint density at radius 3 is 2.39 bits per heavy atom. The third-order valence-electron chi connectivity index (χ3n) is 11.2. The molecule has 0 radical (unpaired) electrons. The van der Waals surface area contributed by atoms with Crippen molar-refractivity contribution in [2.75, 3.05) is 24.3 Å². The summed E-state index contributed by atoms with van der Waals surface area (Å²) in [6.07, 6.45) is 3.31. The van der Waals surface area contributed by atoms with Gasteiger partial charge in [0.1, 0.15) is 45.4 Å². The molecule has 4 atom stereocenters. The third kappa shape index (κ3) is 12.8. The van der Waals surface area contributed by atoms with Crippen molar-refractivity contribution in [1.29, 1.82) is 0 Å². The minimum atomic E-state index is -4.62. The molecule has 3 heterocycles. The van der Waals surface area contributed by atoms with Crippen LogP contribution in [-0.2, 0) is 33.9 Å². The minimum absolute atomic E-state index is 0.0217. The van der Waals surface area contributed by atoms with Crippen LogP contribution in [0.4, 0.5) is 15.6 Å². The summed E-state index contributed by atoms with van der Waals surface area (Å²) in [6.45, 7) is 12.8. The Morgan fingerprint density at radius 2 is 1.72 bits per heavy atom. The highest BCUT2D eigenvalue weighted by molar-refractivity contribution is 7.90. The van der Waals surface area contributed by atoms with Crippen LogP contribution in [0.15, 0.2) is 71.5 Å². The first-order valence-electron chi connectivity index (χ1n) is 22.2. The van der Waals surface area contributed by atoms with Gasteiger partial charge in [0.2, 0.25) is 11.8 Å². The molecule has 1 saturated carbocycles. The van der Waals surface area contributed by atoms with Crippen LogP contribution in [0, 0.1) is 5.92 Å². The number of carbonyl (C=O) groups excluding carboxylic acids is 4. The molecule has 18 nitrogen and oxygen atoms in total. The average Bonchev–Trinajstić information content (AvgIpc) is 3.52. The predicted molar refractivity (Wildman–Crippen MR) is 253 cm³/mol. The maximum atomic E-state index is 14.5. The second-order valence-electron chi connectivity index (χ2n) is 18.0. The molecule has 67 heavy (non-hydrogen) atoms. The molecule has 4 aromatic rings. The van der Waals surface area contributed by atoms with Crippen LogP contribution in [0.2, 0.25) is 0 Å². The van der Waals surface area contributed by atoms with Crippen molar-refractivity contribution in [3.63, 3.8) is 0 Å². The predicted octanol–water partition coefficient (Wildman–Crippen LogP) is 7.26. The summed E-state index contributed by atoms with van der Waals surface area (Å²) >= 11 is 1.43. The molecule has 0 spiro atoms. The van der Waals surface area contributed by atoms with Gasteiger partial charge in [-0.25, -0.2) is 27.9 Å². The highest BCUT2D eigenvalue weighted by atomic mass is 32.2. The second kappa shape index (κ2) is 21.1. The largest absolute Gasteiger partial charge is 0.497 e. The van der Waals surface area contributed by atoms with Gasteiger partial charge in [-0.2, -0.15) is 0 Å². The molecule has 5 N–H and O–H groups in total. The molecule has 1 aliphatic heterocycles. The molecule has 4 unspecified atom stereocenters. The summed E-state index contributed by atoms with van der Waals surface area (Å²) in [5, 5.41) is 20.8. The summed E-state index contributed by atoms with van der Waals surface area (Å²) in [4.78, 5) is 76.4. The maximum absolute atomic E-state index is 14.5. The summed E-state index contributed by atoms with van der Waals surface area (Å²) in [5.74, 6) is -2.72. The number of nitrogens with one attached hydrogen (secondary N) is 4. The molecular formula is C47H59N7O11S2. The number of unbranched alkanes of at least 4 members (excludes halogenated alkanes) is 4. The van der Waals surface area contributed by atoms with Crippen molar-refractivity contribution in [2.45, 2.75) is 127 Å². The lowest BCUT2D eigenvalue weighted by Crippen LogP contribution is -2.56. The fraction of sp³-hybridized carbons (Fsp3) is 0.468. The van der Waals surface area contributed by atoms with Crippen molar-refractivity contribution < 1.29 is 51.7 Å². The molecule has 1 saturated heterocycles. The van der Waals surface area contributed by atoms with Gasteiger partial charge in [-0.3, -0.25) is 24.1 Å². The Hall–Kier alpha value is -6.28. The molecule has 360 valence electrons. The minimum Gasteiger partial charge on any atom is -0.497 e. The van der Waals surface area contributed by atoms with Crippen molar-refractivity contribution in [3.8, 4) is 22.9 Å². The Kier molecular flexibility index (Phi) is 15.8. The van der Waals surface area contributed by atoms with E-state index in [1.807, 2.05) is 19.2 Å². The number of rotatable bonds is 21. The first-order valence-corrected chi connectivity index (χ1v) is 24.6. The summed E-state index contributed by atoms with van der Waals surface area (Å²) in [6, 6.07) is 11.7. The quantitative estimate of drug-likeness (QED) is 0.0408. The van der Waals surface area contributed by atoms with Gasteiger partial charge in [0.25, 0.3) is 15.9 Å². The molecule has 20 heteroatoms. The number of likely N-dealkylation sites (tertiary alicyclic amines) is 1. The Morgan fingerprint density at radius 1 is 1.00 bits per heavy atom. The number of hydrogen-bond donors (Lipinski definition) is 5. The second-order valence-corrected chi connectivity index (χ2v) is 20.5. The molecule has 1 aliphatic carbocycles. The van der Waals surface area contributed by atoms with Crippen LogP contribution in [0.5, 0.6) is 11.5 Å². The monoisotopic (exact) mass is 961 g/mol. The number of hydrogen-bond acceptors (Lipinski definition) is 14. The molecule has 2 aromatic carbocycles. The van der Waals surface area contributed by atoms with Crippen LogP contribution < -0.4 is 30.1 Å². The average molecular weight is 962 g/mol. The highest BCUT2D eigenvalue weighted by Crippen LogP contribution is 2.45. The van der Waals surface area contributed by atoms with Gasteiger partial charge < -0.3 is 35.3 Å². The first kappa shape index (κ1) is 50.1. The SMILES string of the molecule is C=CC1CC1(NC(=O)C1CC(Oc2cc(-c3csc(NC(C)C)n3)nc3cc(OC)ccc23)CN1C(=O)OC(C)(C)C)C(=O)NS(=O)(=O)c1ccccc1NC(=O)CCCCCCCC(=O)O. The summed E-state index contributed by atoms with van der Waals surface area (Å²) < 4.78 is 47.7. The zero-order valence-corrected chi connectivity index (χ0v) is 40.2. The maximum Gasteiger partial charge on any atom is 0.411 e. The number of ether oxygens (including phenoxy) is 3. The Balaban J connectivity index is 1.20. The van der Waals surface area contributed by atoms with E-state index in [9.17, 15) is 32.4 Å². The molecule has 2 aromatic heterocycles. The molecule has 2 aliphatic rings. The standard InChI is InChI=1S/C47H59N7O11S2/c1-8-29-25-47(29,43(59)53-67(61,62)39-17-15-14-16-33(39)50-40(55)18-12-10-9-11-13-19-41(56)57)52-42(58)37-23-31(26-54(37)45(60)65-46(4,5)6)64-38-24-35(36-27-66-44(51-36)48-28(2)3)49-34-22-30(63-7)20-21-32(34)38/h8,14-17,20-22,24,27-29,31,37H,1,9-13,18-19,23,25-26H2,2-7H3,(H,48,51)(H,50,55)(H,52,58)(H,53,59)(H,56,57). The van der Waals surface area contributed by atoms with E-state index in [0.717, 1.165) is 18.0 Å². The number of para-hydroxylation sites is 1. The number of carbonyl (C=O) groups is 5. The number of carboxylic acid groups (broad SMARTS) is 1. The highest BCUT2D eigenvalue weighted by Gasteiger charge is 2.61. The van der Waals surface area contributed by atoms with Gasteiger partial charge in [-0.1, -0.05) is 37.5 Å². The number of nitrogens with zero attached hydrogens (tertiary/aromatic N) is 3. The molecule has 4 amide bonds. The van der Waals surface area contributed by atoms with Crippen LogP contribution in [-0.4, -0.2) is 101 Å². The van der Waals surface area contributed by atoms with Gasteiger partial charge in [0.05, 0.1) is 30.6 Å². The van der Waals surface area contributed by atoms with Crippen LogP contribution >= 0.6 is 11.3 Å². The number of amides is 4. The van der Waals surface area contributed by atoms with Gasteiger partial charge >= 0.3 is 12.1 Å². The fourth-order valence-electron chi connectivity index (χ4n) is 7.78. The van der Waals surface area contributed by atoms with E-state index in [-0.39, 0.29) is 48.9 Å². The zero-order chi connectivity index (χ0) is 48.7. The van der Waals surface area contributed by atoms with Gasteiger partial charge in [-0.05, 0) is 78.1 Å². The van der Waals surface area contributed by atoms with Crippen LogP contribution in [0.25, 0.3) is 22.3 Å². The number of thiazole rings is 1. The number of aliphatic carboxylic acids is 1. The Bertz CT molecular complexity index is 2610. The van der Waals surface area contributed by atoms with E-state index in [0.29, 0.717) is 53.1 Å². The molecular weight excluding hydrogens is 903 g/mol. The molecule has 2 fully saturated rings. The smallest absolute Gasteiger partial charge is 0.411 e. The number of benzene rings is 2. The van der Waals surface area contributed by atoms with Crippen LogP contribution in [0.1, 0.15) is 92.4 Å². The van der Waals surface area contributed by atoms with E-state index in [2.05, 4.69) is 27.3 Å². The number of anilines is 2. The number of fused-ring (bicyclic) bond motifs is 1. The summed E-state index contributed by atoms with van der Waals surface area (Å²) in [7, 11) is -3.07. The van der Waals surface area contributed by atoms with Crippen molar-refractivity contribution >= 4 is 72.9 Å². The van der Waals surface area contributed by atoms with E-state index in [4.69, 9.17) is 29.3 Å². The Labute approximate surface area is 394 Å². The topological polar surface area (TPSA) is 245 Å². The number of pyridine rings is 1. The lowest BCUT2D eigenvalue weighted by Gasteiger charge is -2.29. The third-order valence-corrected chi connectivity index (χ3v) is 13.3. The van der Waals surface area contributed by atoms with E-state index >= 15 is 0 Å². The zero-order valence-electron chi connectivity index (χ0n) is 38.5. The van der Waals surface area contributed by atoms with E-state index < -0.39 is 69.0 Å². The molecule has 0 bridgehead atoms. The fourth-order valence-corrected chi connectivity index (χ4v) is 9.84. The van der Waals surface area contributed by atoms with E-state index in [1.54, 1.807) is 58.2 Å². The number of methoxy groups -OCH3 is 1. The summed E-state index contributed by atoms with van der Waals surface area (Å²) in [5.41, 5.74) is -1.01. The van der Waals surface area contributed by atoms with Gasteiger partial charge in [0, 0.05) is 54.1 Å². The number of aromatic nitrogens is 2. The van der Waals surface area contributed by atoms with Crippen molar-refractivity contribution in [1.82, 2.24) is 24.9 Å². The lowest BCUT2D eigenvalue weighted by atomic mass is 10.1. The van der Waals surface area contributed by atoms with Crippen LogP contribution in [0.3, 0.4) is 0 Å². The van der Waals surface area contributed by atoms with E-state index in [1.165, 1.54) is 40.5 Å². The number of carboxylic acids is 1. The normalized spacial score (nSPS) is 19.1. The first-order chi connectivity index (χ1) is 31.7. The lowest BCUT2D eigenvalue weighted by molar-refractivity contribution is -0.137. The number of sulfonamides is 1. The molecule has 6 rings (SSSR count). The van der Waals surface area contributed by atoms with Crippen molar-refractivity contribution in [2.24, 2.45) is 5.92 Å². The van der Waals surface area contributed by atoms with Gasteiger partial charge in [-0.15, -0.1) is 17.9 Å². The van der Waals surface area contributed by atoms with Gasteiger partial charge in [0.15, 0.2) is 5.13 Å².